The van der Waals surface area contributed by atoms with Gasteiger partial charge in [0.25, 0.3) is 0 Å². The van der Waals surface area contributed by atoms with Crippen LogP contribution in [0.2, 0.25) is 0 Å². The molecule has 1 N–H and O–H groups in total. The Balaban J connectivity index is 1.94. The van der Waals surface area contributed by atoms with Gasteiger partial charge in [0.2, 0.25) is 5.91 Å². The van der Waals surface area contributed by atoms with Crippen LogP contribution >= 0.6 is 0 Å². The molecular weight excluding hydrogens is 236 g/mol. The molecule has 1 aromatic heterocycles. The third-order valence-corrected chi connectivity index (χ3v) is 2.75. The van der Waals surface area contributed by atoms with Crippen molar-refractivity contribution in [3.05, 3.63) is 72.1 Å². The molecule has 1 aromatic carbocycles. The molecule has 0 aliphatic carbocycles. The van der Waals surface area contributed by atoms with Gasteiger partial charge in [-0.3, -0.25) is 9.78 Å². The molecule has 3 nitrogen and oxygen atoms in total. The highest BCUT2D eigenvalue weighted by Crippen LogP contribution is 2.12. The first-order chi connectivity index (χ1) is 9.25. The Morgan fingerprint density at radius 2 is 1.89 bits per heavy atom. The van der Waals surface area contributed by atoms with Gasteiger partial charge in [-0.25, -0.2) is 0 Å². The minimum Gasteiger partial charge on any atom is -0.347 e. The number of pyridine rings is 1. The van der Waals surface area contributed by atoms with Gasteiger partial charge in [0.1, 0.15) is 0 Å². The van der Waals surface area contributed by atoms with Crippen molar-refractivity contribution < 1.29 is 4.79 Å². The number of nitrogens with zero attached hydrogens (tertiary/aromatic N) is 1. The molecule has 3 heteroatoms. The lowest BCUT2D eigenvalue weighted by molar-refractivity contribution is -0.116. The van der Waals surface area contributed by atoms with Crippen LogP contribution in [0.1, 0.15) is 18.2 Å². The van der Waals surface area contributed by atoms with Crippen LogP contribution in [0.15, 0.2) is 60.8 Å². The van der Waals surface area contributed by atoms with E-state index in [-0.39, 0.29) is 5.91 Å². The summed E-state index contributed by atoms with van der Waals surface area (Å²) in [4.78, 5) is 15.9. The molecule has 0 aliphatic heterocycles. The summed E-state index contributed by atoms with van der Waals surface area (Å²) in [7, 11) is 0. The van der Waals surface area contributed by atoms with Crippen LogP contribution in [-0.2, 0) is 11.3 Å². The van der Waals surface area contributed by atoms with Crippen LogP contribution < -0.4 is 5.32 Å². The van der Waals surface area contributed by atoms with Crippen molar-refractivity contribution in [3.8, 4) is 0 Å². The third-order valence-electron chi connectivity index (χ3n) is 2.75. The van der Waals surface area contributed by atoms with Crippen molar-refractivity contribution in [1.29, 1.82) is 0 Å². The van der Waals surface area contributed by atoms with Crippen molar-refractivity contribution in [2.24, 2.45) is 0 Å². The number of nitrogens with one attached hydrogen (secondary N) is 1. The maximum absolute atomic E-state index is 11.8. The average molecular weight is 252 g/mol. The Labute approximate surface area is 113 Å². The van der Waals surface area contributed by atoms with Gasteiger partial charge in [0, 0.05) is 12.3 Å². The van der Waals surface area contributed by atoms with E-state index in [1.54, 1.807) is 12.3 Å². The number of carbonyl (C=O) groups excluding carboxylic acids is 1. The first-order valence-corrected chi connectivity index (χ1v) is 6.17. The Hall–Kier alpha value is -2.42. The van der Waals surface area contributed by atoms with E-state index in [0.29, 0.717) is 6.54 Å². The predicted molar refractivity (Wildman–Crippen MR) is 76.2 cm³/mol. The maximum Gasteiger partial charge on any atom is 0.244 e. The standard InChI is InChI=1S/C16H16N2O/c1-13(14-7-3-2-4-8-14)11-16(19)18-12-15-9-5-6-10-17-15/h2-11H,12H2,1H3,(H,18,19)/b13-11+. The fourth-order valence-corrected chi connectivity index (χ4v) is 1.71. The largest absolute Gasteiger partial charge is 0.347 e. The molecule has 0 spiro atoms. The number of amides is 1. The Bertz CT molecular complexity index is 562. The second-order valence-corrected chi connectivity index (χ2v) is 4.23. The highest BCUT2D eigenvalue weighted by Gasteiger charge is 2.00. The van der Waals surface area contributed by atoms with Gasteiger partial charge in [0.15, 0.2) is 0 Å². The highest BCUT2D eigenvalue weighted by atomic mass is 16.1. The zero-order valence-electron chi connectivity index (χ0n) is 10.8. The third kappa shape index (κ3) is 4.07. The minimum atomic E-state index is -0.105. The van der Waals surface area contributed by atoms with Crippen LogP contribution in [0.25, 0.3) is 5.57 Å². The molecule has 1 amide bonds. The molecule has 0 unspecified atom stereocenters. The highest BCUT2D eigenvalue weighted by molar-refractivity contribution is 5.94. The summed E-state index contributed by atoms with van der Waals surface area (Å²) in [5, 5.41) is 2.82. The average Bonchev–Trinajstić information content (AvgIpc) is 2.47. The van der Waals surface area contributed by atoms with Crippen molar-refractivity contribution >= 4 is 11.5 Å². The van der Waals surface area contributed by atoms with Gasteiger partial charge in [-0.05, 0) is 30.2 Å². The van der Waals surface area contributed by atoms with Crippen LogP contribution in [-0.4, -0.2) is 10.9 Å². The molecule has 0 atom stereocenters. The summed E-state index contributed by atoms with van der Waals surface area (Å²) < 4.78 is 0. The summed E-state index contributed by atoms with van der Waals surface area (Å²) in [5.41, 5.74) is 2.84. The van der Waals surface area contributed by atoms with Gasteiger partial charge >= 0.3 is 0 Å². The molecule has 0 radical (unpaired) electrons. The predicted octanol–water partition coefficient (Wildman–Crippen LogP) is 2.80. The summed E-state index contributed by atoms with van der Waals surface area (Å²) >= 11 is 0. The summed E-state index contributed by atoms with van der Waals surface area (Å²) in [5.74, 6) is -0.105. The van der Waals surface area contributed by atoms with E-state index in [4.69, 9.17) is 0 Å². The smallest absolute Gasteiger partial charge is 0.244 e. The Morgan fingerprint density at radius 1 is 1.16 bits per heavy atom. The van der Waals surface area contributed by atoms with Gasteiger partial charge in [-0.1, -0.05) is 36.4 Å². The monoisotopic (exact) mass is 252 g/mol. The first kappa shape index (κ1) is 13.0. The van der Waals surface area contributed by atoms with Gasteiger partial charge in [-0.2, -0.15) is 0 Å². The van der Waals surface area contributed by atoms with Crippen molar-refractivity contribution in [2.45, 2.75) is 13.5 Å². The summed E-state index contributed by atoms with van der Waals surface area (Å²) in [6.45, 7) is 2.37. The summed E-state index contributed by atoms with van der Waals surface area (Å²) in [6, 6.07) is 15.5. The number of hydrogen-bond donors (Lipinski definition) is 1. The fraction of sp³-hybridized carbons (Fsp3) is 0.125. The molecule has 19 heavy (non-hydrogen) atoms. The van der Waals surface area contributed by atoms with E-state index in [1.165, 1.54) is 0 Å². The van der Waals surface area contributed by atoms with Gasteiger partial charge < -0.3 is 5.32 Å². The van der Waals surface area contributed by atoms with Gasteiger partial charge in [0.05, 0.1) is 12.2 Å². The van der Waals surface area contributed by atoms with Gasteiger partial charge in [-0.15, -0.1) is 0 Å². The molecule has 96 valence electrons. The second kappa shape index (κ2) is 6.50. The maximum atomic E-state index is 11.8. The topological polar surface area (TPSA) is 42.0 Å². The SMILES string of the molecule is C/C(=C\C(=O)NCc1ccccn1)c1ccccc1. The number of hydrogen-bond acceptors (Lipinski definition) is 2. The number of carbonyl (C=O) groups is 1. The molecular formula is C16H16N2O. The van der Waals surface area contributed by atoms with Crippen LogP contribution in [0.5, 0.6) is 0 Å². The number of rotatable bonds is 4. The zero-order valence-corrected chi connectivity index (χ0v) is 10.8. The molecule has 0 saturated heterocycles. The molecule has 0 fully saturated rings. The fourth-order valence-electron chi connectivity index (χ4n) is 1.71. The first-order valence-electron chi connectivity index (χ1n) is 6.17. The van der Waals surface area contributed by atoms with E-state index in [9.17, 15) is 4.79 Å². The van der Waals surface area contributed by atoms with Crippen molar-refractivity contribution in [1.82, 2.24) is 10.3 Å². The quantitative estimate of drug-likeness (QED) is 0.850. The number of benzene rings is 1. The molecule has 2 aromatic rings. The number of allylic oxidation sites excluding steroid dienone is 1. The lowest BCUT2D eigenvalue weighted by Crippen LogP contribution is -2.21. The van der Waals surface area contributed by atoms with Crippen molar-refractivity contribution in [3.63, 3.8) is 0 Å². The van der Waals surface area contributed by atoms with Crippen LogP contribution in [0.4, 0.5) is 0 Å². The molecule has 1 heterocycles. The van der Waals surface area contributed by atoms with E-state index in [1.807, 2.05) is 55.5 Å². The lowest BCUT2D eigenvalue weighted by Gasteiger charge is -2.03. The normalized spacial score (nSPS) is 11.1. The number of aromatic nitrogens is 1. The van der Waals surface area contributed by atoms with Crippen LogP contribution in [0.3, 0.4) is 0 Å². The zero-order chi connectivity index (χ0) is 13.5. The van der Waals surface area contributed by atoms with E-state index in [2.05, 4.69) is 10.3 Å². The van der Waals surface area contributed by atoms with E-state index >= 15 is 0 Å². The molecule has 0 aliphatic rings. The molecule has 0 bridgehead atoms. The van der Waals surface area contributed by atoms with Crippen LogP contribution in [0, 0.1) is 0 Å². The van der Waals surface area contributed by atoms with Crippen molar-refractivity contribution in [2.75, 3.05) is 0 Å². The van der Waals surface area contributed by atoms with E-state index in [0.717, 1.165) is 16.8 Å². The minimum absolute atomic E-state index is 0.105. The Morgan fingerprint density at radius 3 is 2.58 bits per heavy atom. The second-order valence-electron chi connectivity index (χ2n) is 4.23. The molecule has 0 saturated carbocycles. The molecule has 2 rings (SSSR count). The lowest BCUT2D eigenvalue weighted by atomic mass is 10.1. The Kier molecular flexibility index (Phi) is 4.45. The van der Waals surface area contributed by atoms with E-state index < -0.39 is 0 Å². The summed E-state index contributed by atoms with van der Waals surface area (Å²) in [6.07, 6.45) is 3.32.